The summed E-state index contributed by atoms with van der Waals surface area (Å²) in [5, 5.41) is 7.49. The van der Waals surface area contributed by atoms with Gasteiger partial charge in [0.2, 0.25) is 0 Å². The van der Waals surface area contributed by atoms with Crippen LogP contribution in [0.25, 0.3) is 11.1 Å². The van der Waals surface area contributed by atoms with E-state index in [0.717, 1.165) is 28.7 Å². The van der Waals surface area contributed by atoms with Gasteiger partial charge in [0, 0.05) is 17.2 Å². The van der Waals surface area contributed by atoms with Crippen molar-refractivity contribution in [2.75, 3.05) is 12.8 Å². The fraction of sp³-hybridized carbons (Fsp3) is 0.471. The van der Waals surface area contributed by atoms with Crippen LogP contribution in [-0.4, -0.2) is 17.3 Å². The number of rotatable bonds is 3. The molecule has 1 aromatic heterocycles. The second-order valence-corrected chi connectivity index (χ2v) is 6.27. The van der Waals surface area contributed by atoms with E-state index in [1.807, 2.05) is 18.2 Å². The van der Waals surface area contributed by atoms with Crippen LogP contribution in [0, 0.1) is 11.8 Å². The van der Waals surface area contributed by atoms with Crippen molar-refractivity contribution in [2.24, 2.45) is 11.8 Å². The summed E-state index contributed by atoms with van der Waals surface area (Å²) in [5.41, 5.74) is 9.54. The van der Waals surface area contributed by atoms with E-state index < -0.39 is 0 Å². The number of nitrogens with two attached hydrogens (primary N) is 1. The molecular formula is C17H21N3O. The van der Waals surface area contributed by atoms with Gasteiger partial charge in [0.25, 0.3) is 0 Å². The number of benzene rings is 1. The largest absolute Gasteiger partial charge is 0.497 e. The first-order chi connectivity index (χ1) is 10.3. The Balaban J connectivity index is 1.74. The first kappa shape index (κ1) is 12.7. The summed E-state index contributed by atoms with van der Waals surface area (Å²) in [6, 6.07) is 8.08. The van der Waals surface area contributed by atoms with Crippen molar-refractivity contribution in [1.82, 2.24) is 10.2 Å². The molecule has 0 bridgehead atoms. The molecule has 2 atom stereocenters. The van der Waals surface area contributed by atoms with Crippen molar-refractivity contribution < 1.29 is 4.74 Å². The zero-order valence-electron chi connectivity index (χ0n) is 12.3. The van der Waals surface area contributed by atoms with Gasteiger partial charge in [0.1, 0.15) is 5.75 Å². The van der Waals surface area contributed by atoms with Gasteiger partial charge in [-0.2, -0.15) is 5.10 Å². The van der Waals surface area contributed by atoms with Crippen molar-refractivity contribution in [3.05, 3.63) is 30.0 Å². The van der Waals surface area contributed by atoms with E-state index in [2.05, 4.69) is 16.3 Å². The zero-order chi connectivity index (χ0) is 14.4. The van der Waals surface area contributed by atoms with Crippen molar-refractivity contribution in [2.45, 2.75) is 31.6 Å². The Morgan fingerprint density at radius 3 is 2.71 bits per heavy atom. The van der Waals surface area contributed by atoms with Crippen LogP contribution >= 0.6 is 0 Å². The minimum absolute atomic E-state index is 0.599. The maximum absolute atomic E-state index is 6.14. The average molecular weight is 283 g/mol. The monoisotopic (exact) mass is 283 g/mol. The summed E-state index contributed by atoms with van der Waals surface area (Å²) in [6.07, 6.45) is 5.45. The minimum Gasteiger partial charge on any atom is -0.497 e. The Kier molecular flexibility index (Phi) is 2.91. The Morgan fingerprint density at radius 2 is 2.00 bits per heavy atom. The highest BCUT2D eigenvalue weighted by atomic mass is 16.5. The van der Waals surface area contributed by atoms with Crippen LogP contribution in [0.3, 0.4) is 0 Å². The molecule has 3 N–H and O–H groups in total. The van der Waals surface area contributed by atoms with Gasteiger partial charge in [-0.05, 0) is 42.4 Å². The van der Waals surface area contributed by atoms with Gasteiger partial charge in [-0.25, -0.2) is 0 Å². The molecule has 0 spiro atoms. The number of fused-ring (bicyclic) bond motifs is 1. The highest BCUT2D eigenvalue weighted by Gasteiger charge is 2.53. The highest BCUT2D eigenvalue weighted by molar-refractivity contribution is 5.78. The van der Waals surface area contributed by atoms with Crippen LogP contribution in [0.1, 0.15) is 37.3 Å². The molecule has 110 valence electrons. The van der Waals surface area contributed by atoms with Crippen molar-refractivity contribution in [3.63, 3.8) is 0 Å². The third-order valence-corrected chi connectivity index (χ3v) is 5.17. The lowest BCUT2D eigenvalue weighted by Crippen LogP contribution is -1.92. The van der Waals surface area contributed by atoms with Crippen LogP contribution in [0.4, 0.5) is 5.82 Å². The van der Waals surface area contributed by atoms with E-state index >= 15 is 0 Å². The van der Waals surface area contributed by atoms with Crippen LogP contribution < -0.4 is 10.5 Å². The number of nitrogen functional groups attached to an aromatic ring is 1. The van der Waals surface area contributed by atoms with Crippen molar-refractivity contribution in [3.8, 4) is 16.9 Å². The molecule has 0 amide bonds. The molecule has 1 heterocycles. The molecule has 2 saturated carbocycles. The summed E-state index contributed by atoms with van der Waals surface area (Å²) in [7, 11) is 1.69. The molecule has 2 aromatic rings. The predicted octanol–water partition coefficient (Wildman–Crippen LogP) is 3.57. The number of methoxy groups -OCH3 is 1. The molecule has 2 aliphatic carbocycles. The maximum Gasteiger partial charge on any atom is 0.153 e. The standard InChI is InChI=1S/C17H21N3O/c1-21-11-6-4-5-10(9-11)14-16(19-20-17(14)18)15-12-7-2-3-8-13(12)15/h4-6,9,12-13,15H,2-3,7-8H2,1H3,(H3,18,19,20). The average Bonchev–Trinajstić information content (AvgIpc) is 3.14. The Morgan fingerprint density at radius 1 is 1.24 bits per heavy atom. The second-order valence-electron chi connectivity index (χ2n) is 6.27. The summed E-state index contributed by atoms with van der Waals surface area (Å²) < 4.78 is 5.33. The van der Waals surface area contributed by atoms with Gasteiger partial charge in [-0.1, -0.05) is 25.0 Å². The fourth-order valence-corrected chi connectivity index (χ4v) is 4.11. The van der Waals surface area contributed by atoms with Gasteiger partial charge in [-0.15, -0.1) is 0 Å². The van der Waals surface area contributed by atoms with Gasteiger partial charge in [0.05, 0.1) is 7.11 Å². The third-order valence-electron chi connectivity index (χ3n) is 5.17. The quantitative estimate of drug-likeness (QED) is 0.905. The lowest BCUT2D eigenvalue weighted by atomic mass is 10.0. The Labute approximate surface area is 124 Å². The summed E-state index contributed by atoms with van der Waals surface area (Å²) in [4.78, 5) is 0. The van der Waals surface area contributed by atoms with Crippen molar-refractivity contribution in [1.29, 1.82) is 0 Å². The van der Waals surface area contributed by atoms with Gasteiger partial charge >= 0.3 is 0 Å². The Bertz CT molecular complexity index is 652. The van der Waals surface area contributed by atoms with E-state index in [1.165, 1.54) is 31.4 Å². The second kappa shape index (κ2) is 4.79. The van der Waals surface area contributed by atoms with Crippen LogP contribution in [0.5, 0.6) is 5.75 Å². The van der Waals surface area contributed by atoms with Crippen LogP contribution in [0.15, 0.2) is 24.3 Å². The number of aromatic amines is 1. The van der Waals surface area contributed by atoms with Gasteiger partial charge in [0.15, 0.2) is 5.82 Å². The lowest BCUT2D eigenvalue weighted by molar-refractivity contribution is 0.415. The maximum atomic E-state index is 6.14. The number of H-pyrrole nitrogens is 1. The topological polar surface area (TPSA) is 63.9 Å². The third kappa shape index (κ3) is 2.01. The fourth-order valence-electron chi connectivity index (χ4n) is 4.11. The molecule has 4 rings (SSSR count). The summed E-state index contributed by atoms with van der Waals surface area (Å²) >= 11 is 0. The van der Waals surface area contributed by atoms with E-state index in [-0.39, 0.29) is 0 Å². The van der Waals surface area contributed by atoms with Gasteiger partial charge in [-0.3, -0.25) is 5.10 Å². The first-order valence-corrected chi connectivity index (χ1v) is 7.77. The van der Waals surface area contributed by atoms with E-state index in [4.69, 9.17) is 10.5 Å². The van der Waals surface area contributed by atoms with Crippen molar-refractivity contribution >= 4 is 5.82 Å². The number of hydrogen-bond donors (Lipinski definition) is 2. The highest BCUT2D eigenvalue weighted by Crippen LogP contribution is 2.62. The summed E-state index contributed by atoms with van der Waals surface area (Å²) in [6.45, 7) is 0. The molecule has 0 saturated heterocycles. The molecule has 21 heavy (non-hydrogen) atoms. The smallest absolute Gasteiger partial charge is 0.153 e. The minimum atomic E-state index is 0.599. The molecule has 0 radical (unpaired) electrons. The molecule has 2 fully saturated rings. The van der Waals surface area contributed by atoms with E-state index in [0.29, 0.717) is 11.7 Å². The molecule has 4 heteroatoms. The SMILES string of the molecule is COc1cccc(-c2c(N)n[nH]c2C2C3CCCCC32)c1. The van der Waals surface area contributed by atoms with Gasteiger partial charge < -0.3 is 10.5 Å². The number of nitrogens with zero attached hydrogens (tertiary/aromatic N) is 1. The molecule has 1 aromatic carbocycles. The zero-order valence-corrected chi connectivity index (χ0v) is 12.3. The number of hydrogen-bond acceptors (Lipinski definition) is 3. The molecule has 0 aliphatic heterocycles. The number of anilines is 1. The number of ether oxygens (including phenoxy) is 1. The van der Waals surface area contributed by atoms with E-state index in [1.54, 1.807) is 7.11 Å². The number of nitrogens with one attached hydrogen (secondary N) is 1. The predicted molar refractivity (Wildman–Crippen MR) is 83.2 cm³/mol. The number of aromatic nitrogens is 2. The molecular weight excluding hydrogens is 262 g/mol. The summed E-state index contributed by atoms with van der Waals surface area (Å²) in [5.74, 6) is 3.75. The molecule has 4 nitrogen and oxygen atoms in total. The van der Waals surface area contributed by atoms with Crippen LogP contribution in [-0.2, 0) is 0 Å². The Hall–Kier alpha value is -1.97. The molecule has 2 aliphatic rings. The van der Waals surface area contributed by atoms with Crippen LogP contribution in [0.2, 0.25) is 0 Å². The molecule has 2 unspecified atom stereocenters. The lowest BCUT2D eigenvalue weighted by Gasteiger charge is -2.06. The normalized spacial score (nSPS) is 27.2. The first-order valence-electron chi connectivity index (χ1n) is 7.77. The van der Waals surface area contributed by atoms with E-state index in [9.17, 15) is 0 Å².